The molecular weight excluding hydrogens is 838 g/mol. The highest BCUT2D eigenvalue weighted by Gasteiger charge is 2.19. The summed E-state index contributed by atoms with van der Waals surface area (Å²) in [6.07, 6.45) is 2.96. The van der Waals surface area contributed by atoms with E-state index < -0.39 is 5.82 Å². The van der Waals surface area contributed by atoms with E-state index in [9.17, 15) is 4.79 Å². The topological polar surface area (TPSA) is 112 Å². The number of hydrogen-bond donors (Lipinski definition) is 2. The lowest BCUT2D eigenvalue weighted by atomic mass is 10.0. The minimum atomic E-state index is -0.486. The van der Waals surface area contributed by atoms with Gasteiger partial charge in [0.05, 0.1) is 29.9 Å². The van der Waals surface area contributed by atoms with Crippen LogP contribution in [0.1, 0.15) is 53.7 Å². The highest BCUT2D eigenvalue weighted by atomic mass is 32.1. The number of halogens is 1. The first-order valence-corrected chi connectivity index (χ1v) is 23.8. The Hall–Kier alpha value is -5.86. The number of morpholine rings is 1. The second-order valence-electron chi connectivity index (χ2n) is 17.1. The van der Waals surface area contributed by atoms with Crippen LogP contribution in [-0.2, 0) is 42.0 Å². The Labute approximate surface area is 383 Å². The molecule has 9 rings (SSSR count). The van der Waals surface area contributed by atoms with Gasteiger partial charge in [-0.05, 0) is 135 Å². The summed E-state index contributed by atoms with van der Waals surface area (Å²) in [5.74, 6) is 1.03. The molecule has 0 saturated carbocycles. The molecule has 4 aromatic carbocycles. The van der Waals surface area contributed by atoms with Gasteiger partial charge in [0.1, 0.15) is 11.6 Å². The van der Waals surface area contributed by atoms with Crippen LogP contribution in [0, 0.1) is 26.6 Å². The van der Waals surface area contributed by atoms with E-state index in [1.807, 2.05) is 19.9 Å². The second-order valence-corrected chi connectivity index (χ2v) is 18.1. The van der Waals surface area contributed by atoms with Crippen molar-refractivity contribution in [2.45, 2.75) is 73.0 Å². The summed E-state index contributed by atoms with van der Waals surface area (Å²) in [5, 5.41) is 15.4. The highest BCUT2D eigenvalue weighted by molar-refractivity contribution is 7.13. The zero-order chi connectivity index (χ0) is 44.9. The van der Waals surface area contributed by atoms with Crippen molar-refractivity contribution in [3.63, 3.8) is 0 Å². The van der Waals surface area contributed by atoms with Crippen molar-refractivity contribution in [1.82, 2.24) is 34.8 Å². The van der Waals surface area contributed by atoms with Gasteiger partial charge < -0.3 is 33.8 Å². The Morgan fingerprint density at radius 1 is 0.831 bits per heavy atom. The number of nitrogens with zero attached hydrogens (tertiary/aromatic N) is 5. The molecular formula is C52H58FN7O4S. The van der Waals surface area contributed by atoms with Crippen LogP contribution < -0.4 is 15.4 Å². The van der Waals surface area contributed by atoms with E-state index >= 15 is 4.39 Å². The first-order chi connectivity index (χ1) is 31.7. The predicted molar refractivity (Wildman–Crippen MR) is 258 cm³/mol. The first-order valence-electron chi connectivity index (χ1n) is 22.9. The van der Waals surface area contributed by atoms with E-state index in [1.54, 1.807) is 17.4 Å². The third kappa shape index (κ3) is 10.0. The Bertz CT molecular complexity index is 2920. The summed E-state index contributed by atoms with van der Waals surface area (Å²) >= 11 is 1.80. The van der Waals surface area contributed by atoms with Gasteiger partial charge in [0.2, 0.25) is 0 Å². The average molecular weight is 896 g/mol. The van der Waals surface area contributed by atoms with Crippen LogP contribution in [0.25, 0.3) is 54.4 Å². The number of imidazole rings is 1. The summed E-state index contributed by atoms with van der Waals surface area (Å²) < 4.78 is 36.6. The van der Waals surface area contributed by atoms with Gasteiger partial charge in [-0.25, -0.2) is 9.37 Å². The molecule has 1 fully saturated rings. The van der Waals surface area contributed by atoms with Gasteiger partial charge in [-0.1, -0.05) is 35.5 Å². The van der Waals surface area contributed by atoms with E-state index in [4.69, 9.17) is 19.0 Å². The van der Waals surface area contributed by atoms with Gasteiger partial charge in [-0.3, -0.25) is 9.69 Å². The molecule has 1 aliphatic rings. The molecule has 4 aromatic heterocycles. The number of carbonyl (C=O) groups excluding carboxylic acids is 1. The van der Waals surface area contributed by atoms with Crippen LogP contribution in [0.4, 0.5) is 4.39 Å². The molecule has 8 aromatic rings. The quantitative estimate of drug-likeness (QED) is 0.0773. The van der Waals surface area contributed by atoms with Crippen LogP contribution >= 0.6 is 11.3 Å². The van der Waals surface area contributed by atoms with E-state index in [0.717, 1.165) is 117 Å². The average Bonchev–Trinajstić information content (AvgIpc) is 4.08. The monoisotopic (exact) mass is 895 g/mol. The Morgan fingerprint density at radius 3 is 2.43 bits per heavy atom. The van der Waals surface area contributed by atoms with Crippen LogP contribution in [0.2, 0.25) is 0 Å². The molecule has 0 bridgehead atoms. The maximum Gasteiger partial charge on any atom is 0.257 e. The number of thiophene rings is 1. The van der Waals surface area contributed by atoms with E-state index in [2.05, 4.69) is 110 Å². The van der Waals surface area contributed by atoms with Crippen molar-refractivity contribution in [3.05, 3.63) is 124 Å². The van der Waals surface area contributed by atoms with Gasteiger partial charge >= 0.3 is 0 Å². The molecule has 338 valence electrons. The van der Waals surface area contributed by atoms with Gasteiger partial charge in [0.25, 0.3) is 5.91 Å². The van der Waals surface area contributed by atoms with Crippen molar-refractivity contribution in [1.29, 1.82) is 0 Å². The molecule has 0 unspecified atom stereocenters. The maximum atomic E-state index is 15.3. The summed E-state index contributed by atoms with van der Waals surface area (Å²) in [4.78, 5) is 21.4. The number of rotatable bonds is 19. The second kappa shape index (κ2) is 20.1. The predicted octanol–water partition coefficient (Wildman–Crippen LogP) is 9.79. The molecule has 0 radical (unpaired) electrons. The van der Waals surface area contributed by atoms with E-state index in [0.29, 0.717) is 19.4 Å². The zero-order valence-corrected chi connectivity index (χ0v) is 38.7. The lowest BCUT2D eigenvalue weighted by molar-refractivity contribution is -0.123. The number of ether oxygens (including phenoxy) is 2. The van der Waals surface area contributed by atoms with Crippen LogP contribution in [0.5, 0.6) is 5.75 Å². The zero-order valence-electron chi connectivity index (χ0n) is 37.8. The molecule has 1 saturated heterocycles. The summed E-state index contributed by atoms with van der Waals surface area (Å²) in [7, 11) is 0. The lowest BCUT2D eigenvalue weighted by Gasteiger charge is -2.27. The van der Waals surface area contributed by atoms with Gasteiger partial charge in [-0.2, -0.15) is 0 Å². The van der Waals surface area contributed by atoms with Crippen molar-refractivity contribution >= 4 is 50.1 Å². The number of hydrogen-bond acceptors (Lipinski definition) is 9. The van der Waals surface area contributed by atoms with E-state index in [-0.39, 0.29) is 18.3 Å². The molecule has 1 amide bonds. The lowest BCUT2D eigenvalue weighted by Crippen LogP contribution is -2.38. The van der Waals surface area contributed by atoms with Crippen LogP contribution in [0.15, 0.2) is 88.8 Å². The van der Waals surface area contributed by atoms with Crippen LogP contribution in [-0.4, -0.2) is 82.6 Å². The Kier molecular flexibility index (Phi) is 13.7. The number of aryl methyl sites for hydroxylation is 6. The number of aromatic nitrogens is 4. The number of benzene rings is 4. The van der Waals surface area contributed by atoms with E-state index in [1.165, 1.54) is 49.4 Å². The fourth-order valence-electron chi connectivity index (χ4n) is 9.17. The number of fused-ring (bicyclic) bond motifs is 4. The molecule has 1 aliphatic heterocycles. The Morgan fingerprint density at radius 2 is 1.65 bits per heavy atom. The molecule has 65 heavy (non-hydrogen) atoms. The number of carbonyl (C=O) groups is 1. The molecule has 0 aliphatic carbocycles. The smallest absolute Gasteiger partial charge is 0.257 e. The molecule has 2 N–H and O–H groups in total. The third-order valence-corrected chi connectivity index (χ3v) is 13.7. The van der Waals surface area contributed by atoms with Gasteiger partial charge in [-0.15, -0.1) is 11.3 Å². The van der Waals surface area contributed by atoms with Crippen molar-refractivity contribution in [2.24, 2.45) is 0 Å². The molecule has 0 atom stereocenters. The fraction of sp³-hybridized carbons (Fsp3) is 0.365. The normalized spacial score (nSPS) is 13.4. The Balaban J connectivity index is 0.729. The van der Waals surface area contributed by atoms with Gasteiger partial charge in [0, 0.05) is 84.5 Å². The summed E-state index contributed by atoms with van der Waals surface area (Å²) in [5.41, 5.74) is 12.0. The molecule has 5 heterocycles. The maximum absolute atomic E-state index is 15.3. The third-order valence-electron chi connectivity index (χ3n) is 12.6. The fourth-order valence-corrected chi connectivity index (χ4v) is 10.1. The number of unbranched alkanes of at least 4 members (excludes halogenated alkanes) is 1. The first kappa shape index (κ1) is 44.3. The van der Waals surface area contributed by atoms with Crippen LogP contribution in [0.3, 0.4) is 0 Å². The molecule has 11 nitrogen and oxygen atoms in total. The van der Waals surface area contributed by atoms with Crippen molar-refractivity contribution in [2.75, 3.05) is 52.5 Å². The standard InChI is InChI=1S/C52H58FN7O4S/c1-5-59-45-14-8-38(27-42(45)41-13-11-39(30-47(41)59)49-26-34(2)33-65-49)31-54-18-6-7-19-55-51(61)32-63-48-16-9-37(28-43(48)53)10-17-50-56-44-29-40(52-35(3)57-64-36(52)4)12-15-46(44)60(50)21-20-58-22-24-62-25-23-58/h8-9,11-16,26-30,33,54H,5-7,10,17-25,31-32H2,1-4H3,(H,55,61). The molecule has 13 heteroatoms. The minimum absolute atomic E-state index is 0.0633. The summed E-state index contributed by atoms with van der Waals surface area (Å²) in [6.45, 7) is 16.0. The largest absolute Gasteiger partial charge is 0.481 e. The minimum Gasteiger partial charge on any atom is -0.481 e. The van der Waals surface area contributed by atoms with Gasteiger partial charge in [0.15, 0.2) is 18.2 Å². The highest BCUT2D eigenvalue weighted by Crippen LogP contribution is 2.35. The molecule has 0 spiro atoms. The van der Waals surface area contributed by atoms with Crippen molar-refractivity contribution < 1.29 is 23.2 Å². The van der Waals surface area contributed by atoms with Crippen molar-refractivity contribution in [3.8, 4) is 27.3 Å². The number of amides is 1. The number of nitrogens with one attached hydrogen (secondary N) is 2. The summed E-state index contributed by atoms with van der Waals surface area (Å²) in [6, 6.07) is 27.2. The SMILES string of the molecule is CCn1c2ccc(CNCCCCNC(=O)COc3ccc(CCc4nc5cc(-c6c(C)noc6C)ccc5n4CCN4CCOCC4)cc3F)cc2c2ccc(-c3cc(C)cs3)cc21.